The van der Waals surface area contributed by atoms with Crippen molar-refractivity contribution in [3.8, 4) is 5.69 Å². The van der Waals surface area contributed by atoms with Gasteiger partial charge in [0.15, 0.2) is 0 Å². The first-order valence-electron chi connectivity index (χ1n) is 13.9. The highest BCUT2D eigenvalue weighted by Gasteiger charge is 2.31. The minimum Gasteiger partial charge on any atom is -0.354 e. The number of hydrogen-bond donors (Lipinski definition) is 0. The van der Waals surface area contributed by atoms with E-state index in [0.29, 0.717) is 12.5 Å². The second-order valence-corrected chi connectivity index (χ2v) is 10.0. The Kier molecular flexibility index (Phi) is 10.2. The maximum atomic E-state index is 13.8. The van der Waals surface area contributed by atoms with Crippen molar-refractivity contribution in [1.29, 1.82) is 0 Å². The standard InChI is InChI=1S/C29H47N5O/c1-7-11-15-25(9-3)29(35)33(23(5)8-2)22-27-24(6)30-34(26-16-13-12-14-17-26)28(27)32-20-18-31(10-4)19-21-32/h12-14,16-17,23,25H,7-11,15,18-22H2,1-6H3/t23-,25+/m0/s1. The molecular formula is C29H47N5O. The van der Waals surface area contributed by atoms with Crippen LogP contribution in [0.3, 0.4) is 0 Å². The fraction of sp³-hybridized carbons (Fsp3) is 0.655. The quantitative estimate of drug-likeness (QED) is 0.392. The molecule has 3 rings (SSSR count). The van der Waals surface area contributed by atoms with E-state index in [1.165, 1.54) is 5.56 Å². The summed E-state index contributed by atoms with van der Waals surface area (Å²) in [7, 11) is 0. The molecule has 2 aromatic rings. The molecule has 1 aliphatic rings. The Labute approximate surface area is 213 Å². The highest BCUT2D eigenvalue weighted by Crippen LogP contribution is 2.31. The molecule has 1 aromatic carbocycles. The van der Waals surface area contributed by atoms with Crippen LogP contribution in [0.5, 0.6) is 0 Å². The van der Waals surface area contributed by atoms with Crippen LogP contribution in [0.4, 0.5) is 5.82 Å². The van der Waals surface area contributed by atoms with Crippen molar-refractivity contribution in [2.45, 2.75) is 86.2 Å². The molecule has 1 saturated heterocycles. The van der Waals surface area contributed by atoms with E-state index in [9.17, 15) is 4.79 Å². The highest BCUT2D eigenvalue weighted by atomic mass is 16.2. The van der Waals surface area contributed by atoms with E-state index in [1.54, 1.807) is 0 Å². The van der Waals surface area contributed by atoms with Crippen molar-refractivity contribution in [2.75, 3.05) is 37.6 Å². The van der Waals surface area contributed by atoms with Crippen LogP contribution in [-0.2, 0) is 11.3 Å². The second-order valence-electron chi connectivity index (χ2n) is 10.0. The Morgan fingerprint density at radius 3 is 2.29 bits per heavy atom. The lowest BCUT2D eigenvalue weighted by Gasteiger charge is -2.37. The number of nitrogens with zero attached hydrogens (tertiary/aromatic N) is 5. The number of carbonyl (C=O) groups excluding carboxylic acids is 1. The van der Waals surface area contributed by atoms with Gasteiger partial charge in [-0.3, -0.25) is 4.79 Å². The number of aryl methyl sites for hydroxylation is 1. The number of likely N-dealkylation sites (N-methyl/N-ethyl adjacent to an activating group) is 1. The maximum Gasteiger partial charge on any atom is 0.226 e. The maximum absolute atomic E-state index is 13.8. The molecule has 6 nitrogen and oxygen atoms in total. The van der Waals surface area contributed by atoms with Crippen molar-refractivity contribution in [1.82, 2.24) is 19.6 Å². The molecule has 2 heterocycles. The molecule has 0 N–H and O–H groups in total. The summed E-state index contributed by atoms with van der Waals surface area (Å²) >= 11 is 0. The summed E-state index contributed by atoms with van der Waals surface area (Å²) < 4.78 is 2.11. The molecule has 0 unspecified atom stereocenters. The molecule has 35 heavy (non-hydrogen) atoms. The van der Waals surface area contributed by atoms with Crippen molar-refractivity contribution in [2.24, 2.45) is 5.92 Å². The second kappa shape index (κ2) is 13.1. The van der Waals surface area contributed by atoms with E-state index in [-0.39, 0.29) is 12.0 Å². The highest BCUT2D eigenvalue weighted by molar-refractivity contribution is 5.79. The number of carbonyl (C=O) groups is 1. The van der Waals surface area contributed by atoms with E-state index in [1.807, 2.05) is 6.07 Å². The van der Waals surface area contributed by atoms with Crippen molar-refractivity contribution >= 4 is 11.7 Å². The smallest absolute Gasteiger partial charge is 0.226 e. The number of amides is 1. The number of hydrogen-bond acceptors (Lipinski definition) is 4. The first-order valence-corrected chi connectivity index (χ1v) is 13.9. The molecule has 1 aliphatic heterocycles. The number of benzene rings is 1. The van der Waals surface area contributed by atoms with Gasteiger partial charge in [0.1, 0.15) is 5.82 Å². The number of aromatic nitrogens is 2. The monoisotopic (exact) mass is 481 g/mol. The fourth-order valence-corrected chi connectivity index (χ4v) is 5.11. The van der Waals surface area contributed by atoms with Crippen LogP contribution in [0.1, 0.15) is 78.0 Å². The number of piperazine rings is 1. The Morgan fingerprint density at radius 1 is 1.03 bits per heavy atom. The van der Waals surface area contributed by atoms with E-state index in [2.05, 4.69) is 85.2 Å². The van der Waals surface area contributed by atoms with Gasteiger partial charge in [-0.15, -0.1) is 0 Å². The summed E-state index contributed by atoms with van der Waals surface area (Å²) in [4.78, 5) is 21.0. The minimum atomic E-state index is 0.102. The van der Waals surface area contributed by atoms with Crippen molar-refractivity contribution in [3.05, 3.63) is 41.6 Å². The van der Waals surface area contributed by atoms with Gasteiger partial charge in [0, 0.05) is 43.7 Å². The Balaban J connectivity index is 2.01. The van der Waals surface area contributed by atoms with E-state index >= 15 is 0 Å². The van der Waals surface area contributed by atoms with Gasteiger partial charge in [-0.2, -0.15) is 5.10 Å². The Hall–Kier alpha value is -2.34. The van der Waals surface area contributed by atoms with Crippen LogP contribution >= 0.6 is 0 Å². The number of para-hydroxylation sites is 1. The molecule has 6 heteroatoms. The summed E-state index contributed by atoms with van der Waals surface area (Å²) in [5.74, 6) is 1.57. The summed E-state index contributed by atoms with van der Waals surface area (Å²) in [6.07, 6.45) is 5.07. The van der Waals surface area contributed by atoms with Crippen molar-refractivity contribution < 1.29 is 4.79 Å². The molecule has 0 saturated carbocycles. The SMILES string of the molecule is CCCC[C@@H](CC)C(=O)N(Cc1c(C)nn(-c2ccccc2)c1N1CCN(CC)CC1)[C@@H](C)CC. The summed E-state index contributed by atoms with van der Waals surface area (Å²) in [6, 6.07) is 10.6. The molecule has 0 radical (unpaired) electrons. The molecule has 0 spiro atoms. The molecular weight excluding hydrogens is 434 g/mol. The van der Waals surface area contributed by atoms with Gasteiger partial charge >= 0.3 is 0 Å². The van der Waals surface area contributed by atoms with Crippen LogP contribution in [0.2, 0.25) is 0 Å². The fourth-order valence-electron chi connectivity index (χ4n) is 5.11. The predicted octanol–water partition coefficient (Wildman–Crippen LogP) is 5.67. The van der Waals surface area contributed by atoms with Crippen LogP contribution in [0.25, 0.3) is 5.69 Å². The first kappa shape index (κ1) is 27.3. The topological polar surface area (TPSA) is 44.6 Å². The number of unbranched alkanes of at least 4 members (excludes halogenated alkanes) is 1. The summed E-state index contributed by atoms with van der Waals surface area (Å²) in [5, 5.41) is 5.03. The zero-order valence-electron chi connectivity index (χ0n) is 23.0. The van der Waals surface area contributed by atoms with Gasteiger partial charge in [0.2, 0.25) is 5.91 Å². The third kappa shape index (κ3) is 6.46. The zero-order chi connectivity index (χ0) is 25.4. The van der Waals surface area contributed by atoms with E-state index in [0.717, 1.165) is 82.0 Å². The lowest BCUT2D eigenvalue weighted by molar-refractivity contribution is -0.138. The van der Waals surface area contributed by atoms with Crippen LogP contribution in [0, 0.1) is 12.8 Å². The normalized spacial score (nSPS) is 16.3. The van der Waals surface area contributed by atoms with Crippen LogP contribution in [0.15, 0.2) is 30.3 Å². The third-order valence-electron chi connectivity index (χ3n) is 7.76. The summed E-state index contributed by atoms with van der Waals surface area (Å²) in [6.45, 7) is 18.8. The zero-order valence-corrected chi connectivity index (χ0v) is 23.0. The van der Waals surface area contributed by atoms with Gasteiger partial charge in [-0.1, -0.05) is 58.7 Å². The van der Waals surface area contributed by atoms with Gasteiger partial charge < -0.3 is 14.7 Å². The van der Waals surface area contributed by atoms with Gasteiger partial charge in [0.25, 0.3) is 0 Å². The molecule has 0 bridgehead atoms. The van der Waals surface area contributed by atoms with E-state index < -0.39 is 0 Å². The van der Waals surface area contributed by atoms with Crippen LogP contribution in [-0.4, -0.2) is 64.3 Å². The first-order chi connectivity index (χ1) is 16.9. The predicted molar refractivity (Wildman–Crippen MR) is 146 cm³/mol. The third-order valence-corrected chi connectivity index (χ3v) is 7.76. The van der Waals surface area contributed by atoms with Crippen LogP contribution < -0.4 is 4.90 Å². The Bertz CT molecular complexity index is 917. The summed E-state index contributed by atoms with van der Waals surface area (Å²) in [5.41, 5.74) is 3.29. The molecule has 194 valence electrons. The lowest BCUT2D eigenvalue weighted by atomic mass is 9.96. The molecule has 2 atom stereocenters. The average molecular weight is 482 g/mol. The molecule has 1 aromatic heterocycles. The number of rotatable bonds is 12. The largest absolute Gasteiger partial charge is 0.354 e. The Morgan fingerprint density at radius 2 is 1.71 bits per heavy atom. The van der Waals surface area contributed by atoms with Gasteiger partial charge in [-0.25, -0.2) is 4.68 Å². The van der Waals surface area contributed by atoms with Gasteiger partial charge in [0.05, 0.1) is 17.9 Å². The lowest BCUT2D eigenvalue weighted by Crippen LogP contribution is -2.47. The number of anilines is 1. The van der Waals surface area contributed by atoms with E-state index in [4.69, 9.17) is 5.10 Å². The molecule has 1 fully saturated rings. The molecule has 0 aliphatic carbocycles. The average Bonchev–Trinajstić information content (AvgIpc) is 3.23. The minimum absolute atomic E-state index is 0.102. The molecule has 1 amide bonds. The van der Waals surface area contributed by atoms with Crippen molar-refractivity contribution in [3.63, 3.8) is 0 Å². The van der Waals surface area contributed by atoms with Gasteiger partial charge in [-0.05, 0) is 51.8 Å².